The van der Waals surface area contributed by atoms with Gasteiger partial charge in [-0.3, -0.25) is 0 Å². The standard InChI is InChI=1S/C56H35N/c1-3-14-37(15-4-1)50-35-49(53(41-17-5-2-6-18-41)55-48-26-13-20-40-19-12-25-47(52(40)48)54(50)55)39-30-28-36(29-31-39)42-21-11-22-43(34-42)57-51-27-10-9-24-45(51)46-33-32-38-16-7-8-23-44(38)56(46)57/h1-35H. The minimum atomic E-state index is 1.16. The molecule has 11 aromatic rings. The minimum Gasteiger partial charge on any atom is -0.309 e. The van der Waals surface area contributed by atoms with Crippen LogP contribution < -0.4 is 0 Å². The van der Waals surface area contributed by atoms with Crippen LogP contribution in [0.3, 0.4) is 0 Å². The van der Waals surface area contributed by atoms with Gasteiger partial charge in [-0.2, -0.15) is 0 Å². The maximum Gasteiger partial charge on any atom is 0.0619 e. The Hall–Kier alpha value is -7.48. The molecule has 12 rings (SSSR count). The van der Waals surface area contributed by atoms with Crippen LogP contribution in [0.15, 0.2) is 212 Å². The summed E-state index contributed by atoms with van der Waals surface area (Å²) in [4.78, 5) is 0. The van der Waals surface area contributed by atoms with Crippen molar-refractivity contribution in [1.29, 1.82) is 0 Å². The Morgan fingerprint density at radius 1 is 0.281 bits per heavy atom. The Morgan fingerprint density at radius 2 is 0.860 bits per heavy atom. The van der Waals surface area contributed by atoms with E-state index in [0.717, 1.165) is 5.69 Å². The summed E-state index contributed by atoms with van der Waals surface area (Å²) < 4.78 is 2.45. The Kier molecular flexibility index (Phi) is 7.00. The predicted octanol–water partition coefficient (Wildman–Crippen LogP) is 15.4. The van der Waals surface area contributed by atoms with E-state index in [1.165, 1.54) is 110 Å². The van der Waals surface area contributed by atoms with Gasteiger partial charge in [0.2, 0.25) is 0 Å². The van der Waals surface area contributed by atoms with Crippen LogP contribution in [0.4, 0.5) is 0 Å². The molecule has 1 nitrogen and oxygen atoms in total. The van der Waals surface area contributed by atoms with Crippen molar-refractivity contribution in [2.45, 2.75) is 0 Å². The van der Waals surface area contributed by atoms with Crippen LogP contribution in [-0.4, -0.2) is 4.57 Å². The Bertz CT molecular complexity index is 3360. The summed E-state index contributed by atoms with van der Waals surface area (Å²) in [5.74, 6) is 0. The molecule has 0 radical (unpaired) electrons. The van der Waals surface area contributed by atoms with Gasteiger partial charge in [0.05, 0.1) is 11.0 Å². The minimum absolute atomic E-state index is 1.16. The first-order valence-corrected chi connectivity index (χ1v) is 19.8. The average Bonchev–Trinajstić information content (AvgIpc) is 3.81. The van der Waals surface area contributed by atoms with Crippen LogP contribution in [0.5, 0.6) is 0 Å². The van der Waals surface area contributed by atoms with Crippen LogP contribution in [0, 0.1) is 0 Å². The number of nitrogens with zero attached hydrogens (tertiary/aromatic N) is 1. The molecule has 0 atom stereocenters. The second-order valence-corrected chi connectivity index (χ2v) is 15.2. The van der Waals surface area contributed by atoms with Crippen LogP contribution in [0.25, 0.3) is 116 Å². The van der Waals surface area contributed by atoms with Gasteiger partial charge in [-0.15, -0.1) is 0 Å². The van der Waals surface area contributed by atoms with E-state index in [-0.39, 0.29) is 0 Å². The first-order valence-electron chi connectivity index (χ1n) is 19.8. The molecule has 0 spiro atoms. The van der Waals surface area contributed by atoms with E-state index in [2.05, 4.69) is 217 Å². The highest BCUT2D eigenvalue weighted by Gasteiger charge is 2.30. The third kappa shape index (κ3) is 4.83. The molecule has 0 saturated heterocycles. The molecule has 0 N–H and O–H groups in total. The lowest BCUT2D eigenvalue weighted by atomic mass is 9.82. The molecule has 0 aliphatic heterocycles. The van der Waals surface area contributed by atoms with Crippen molar-refractivity contribution in [3.8, 4) is 72.4 Å². The molecular formula is C56H35N. The molecule has 264 valence electrons. The maximum atomic E-state index is 2.45. The summed E-state index contributed by atoms with van der Waals surface area (Å²) in [6, 6.07) is 78.2. The van der Waals surface area contributed by atoms with Crippen molar-refractivity contribution in [1.82, 2.24) is 4.57 Å². The average molecular weight is 722 g/mol. The van der Waals surface area contributed by atoms with Gasteiger partial charge in [0.25, 0.3) is 0 Å². The highest BCUT2D eigenvalue weighted by Crippen LogP contribution is 2.57. The molecule has 1 heterocycles. The van der Waals surface area contributed by atoms with Crippen molar-refractivity contribution < 1.29 is 0 Å². The van der Waals surface area contributed by atoms with Crippen LogP contribution >= 0.6 is 0 Å². The summed E-state index contributed by atoms with van der Waals surface area (Å²) in [5, 5.41) is 7.67. The van der Waals surface area contributed by atoms with E-state index in [4.69, 9.17) is 0 Å². The van der Waals surface area contributed by atoms with Gasteiger partial charge in [0, 0.05) is 21.8 Å². The van der Waals surface area contributed by atoms with E-state index < -0.39 is 0 Å². The number of hydrogen-bond acceptors (Lipinski definition) is 0. The zero-order chi connectivity index (χ0) is 37.5. The van der Waals surface area contributed by atoms with Crippen molar-refractivity contribution >= 4 is 43.4 Å². The van der Waals surface area contributed by atoms with Crippen molar-refractivity contribution in [3.05, 3.63) is 212 Å². The smallest absolute Gasteiger partial charge is 0.0619 e. The van der Waals surface area contributed by atoms with Crippen molar-refractivity contribution in [2.24, 2.45) is 0 Å². The molecule has 0 bridgehead atoms. The first kappa shape index (κ1) is 31.8. The zero-order valence-corrected chi connectivity index (χ0v) is 31.2. The van der Waals surface area contributed by atoms with E-state index >= 15 is 0 Å². The summed E-state index contributed by atoms with van der Waals surface area (Å²) in [7, 11) is 0. The summed E-state index contributed by atoms with van der Waals surface area (Å²) in [6.07, 6.45) is 0. The first-order chi connectivity index (χ1) is 28.3. The molecule has 1 aliphatic carbocycles. The topological polar surface area (TPSA) is 4.93 Å². The number of hydrogen-bond donors (Lipinski definition) is 0. The largest absolute Gasteiger partial charge is 0.309 e. The number of benzene rings is 10. The fourth-order valence-electron chi connectivity index (χ4n) is 9.63. The number of fused-ring (bicyclic) bond motifs is 8. The third-order valence-electron chi connectivity index (χ3n) is 12.1. The molecule has 1 aliphatic rings. The monoisotopic (exact) mass is 721 g/mol. The Morgan fingerprint density at radius 3 is 1.65 bits per heavy atom. The van der Waals surface area contributed by atoms with Gasteiger partial charge in [0.15, 0.2) is 0 Å². The van der Waals surface area contributed by atoms with E-state index in [9.17, 15) is 0 Å². The lowest BCUT2D eigenvalue weighted by molar-refractivity contribution is 1.19. The van der Waals surface area contributed by atoms with Gasteiger partial charge in [0.1, 0.15) is 0 Å². The van der Waals surface area contributed by atoms with Crippen LogP contribution in [0.2, 0.25) is 0 Å². The molecule has 10 aromatic carbocycles. The summed E-state index contributed by atoms with van der Waals surface area (Å²) in [5.41, 5.74) is 18.7. The van der Waals surface area contributed by atoms with E-state index in [0.29, 0.717) is 0 Å². The van der Waals surface area contributed by atoms with E-state index in [1.807, 2.05) is 0 Å². The Labute approximate surface area is 331 Å². The second-order valence-electron chi connectivity index (χ2n) is 15.2. The van der Waals surface area contributed by atoms with Gasteiger partial charge in [-0.25, -0.2) is 0 Å². The fraction of sp³-hybridized carbons (Fsp3) is 0. The maximum absolute atomic E-state index is 2.45. The normalized spacial score (nSPS) is 11.9. The predicted molar refractivity (Wildman–Crippen MR) is 242 cm³/mol. The van der Waals surface area contributed by atoms with E-state index in [1.54, 1.807) is 0 Å². The number of aromatic nitrogens is 1. The summed E-state index contributed by atoms with van der Waals surface area (Å²) in [6.45, 7) is 0. The molecule has 0 saturated carbocycles. The SMILES string of the molecule is c1ccc(-c2cc(-c3ccc(-c4cccc(-n5c6ccccc6c6ccc7ccccc7c65)c4)cc3)c(-c3ccccc3)c3c2-c2cccc4cccc-3c24)cc1. The quantitative estimate of drug-likeness (QED) is 0.167. The highest BCUT2D eigenvalue weighted by molar-refractivity contribution is 6.23. The second kappa shape index (κ2) is 12.5. The fourth-order valence-corrected chi connectivity index (χ4v) is 9.63. The molecule has 0 fully saturated rings. The lowest BCUT2D eigenvalue weighted by Crippen LogP contribution is -1.95. The number of para-hydroxylation sites is 1. The van der Waals surface area contributed by atoms with Crippen molar-refractivity contribution in [2.75, 3.05) is 0 Å². The van der Waals surface area contributed by atoms with Crippen LogP contribution in [0.1, 0.15) is 0 Å². The van der Waals surface area contributed by atoms with Crippen molar-refractivity contribution in [3.63, 3.8) is 0 Å². The van der Waals surface area contributed by atoms with Gasteiger partial charge in [-0.05, 0) is 107 Å². The van der Waals surface area contributed by atoms with Crippen LogP contribution in [-0.2, 0) is 0 Å². The highest BCUT2D eigenvalue weighted by atomic mass is 15.0. The van der Waals surface area contributed by atoms with Gasteiger partial charge in [-0.1, -0.05) is 188 Å². The molecular weight excluding hydrogens is 687 g/mol. The Balaban J connectivity index is 1.05. The van der Waals surface area contributed by atoms with Gasteiger partial charge >= 0.3 is 0 Å². The lowest BCUT2D eigenvalue weighted by Gasteiger charge is -2.21. The number of rotatable bonds is 5. The molecule has 0 unspecified atom stereocenters. The summed E-state index contributed by atoms with van der Waals surface area (Å²) >= 11 is 0. The molecule has 57 heavy (non-hydrogen) atoms. The zero-order valence-electron chi connectivity index (χ0n) is 31.2. The molecule has 0 amide bonds. The molecule has 1 heteroatoms. The molecule has 1 aromatic heterocycles. The van der Waals surface area contributed by atoms with Gasteiger partial charge < -0.3 is 4.57 Å². The third-order valence-corrected chi connectivity index (χ3v) is 12.1.